The molecule has 0 bridgehead atoms. The molecule has 0 aromatic heterocycles. The predicted octanol–water partition coefficient (Wildman–Crippen LogP) is 5.00. The van der Waals surface area contributed by atoms with Gasteiger partial charge < -0.3 is 9.80 Å². The first-order valence-corrected chi connectivity index (χ1v) is 9.79. The Labute approximate surface area is 167 Å². The van der Waals surface area contributed by atoms with Crippen LogP contribution in [0.1, 0.15) is 31.9 Å². The Morgan fingerprint density at radius 2 is 1.67 bits per heavy atom. The zero-order valence-electron chi connectivity index (χ0n) is 16.3. The largest absolute Gasteiger partial charge is 0.368 e. The fourth-order valence-corrected chi connectivity index (χ4v) is 3.41. The average Bonchev–Trinajstić information content (AvgIpc) is 2.66. The SMILES string of the molecule is CC(C)(C)c1ccc(C=CC(=O)N2CCN(c3cccc(Cl)c3)CC2)cc1. The third-order valence-corrected chi connectivity index (χ3v) is 5.19. The second kappa shape index (κ2) is 8.18. The van der Waals surface area contributed by atoms with Gasteiger partial charge in [-0.2, -0.15) is 0 Å². The van der Waals surface area contributed by atoms with Crippen molar-refractivity contribution in [1.29, 1.82) is 0 Å². The van der Waals surface area contributed by atoms with E-state index < -0.39 is 0 Å². The number of nitrogens with zero attached hydrogens (tertiary/aromatic N) is 2. The molecule has 4 heteroatoms. The molecule has 2 aromatic carbocycles. The number of benzene rings is 2. The van der Waals surface area contributed by atoms with E-state index in [0.717, 1.165) is 42.5 Å². The van der Waals surface area contributed by atoms with E-state index in [4.69, 9.17) is 11.6 Å². The number of rotatable bonds is 3. The molecule has 1 saturated heterocycles. The topological polar surface area (TPSA) is 23.6 Å². The summed E-state index contributed by atoms with van der Waals surface area (Å²) in [5.41, 5.74) is 3.60. The molecule has 0 atom stereocenters. The van der Waals surface area contributed by atoms with Gasteiger partial charge in [0.25, 0.3) is 0 Å². The average molecular weight is 383 g/mol. The van der Waals surface area contributed by atoms with E-state index >= 15 is 0 Å². The van der Waals surface area contributed by atoms with E-state index in [9.17, 15) is 4.79 Å². The van der Waals surface area contributed by atoms with Crippen molar-refractivity contribution in [3.8, 4) is 0 Å². The number of amides is 1. The van der Waals surface area contributed by atoms with Gasteiger partial charge in [0.2, 0.25) is 5.91 Å². The zero-order valence-corrected chi connectivity index (χ0v) is 17.0. The third kappa shape index (κ3) is 5.14. The highest BCUT2D eigenvalue weighted by molar-refractivity contribution is 6.30. The smallest absolute Gasteiger partial charge is 0.246 e. The van der Waals surface area contributed by atoms with Gasteiger partial charge in [0.1, 0.15) is 0 Å². The second-order valence-corrected chi connectivity index (χ2v) is 8.43. The molecule has 0 saturated carbocycles. The van der Waals surface area contributed by atoms with Crippen LogP contribution in [-0.4, -0.2) is 37.0 Å². The highest BCUT2D eigenvalue weighted by Gasteiger charge is 2.20. The van der Waals surface area contributed by atoms with Gasteiger partial charge in [0.05, 0.1) is 0 Å². The van der Waals surface area contributed by atoms with Crippen molar-refractivity contribution in [2.24, 2.45) is 0 Å². The first-order valence-electron chi connectivity index (χ1n) is 9.41. The highest BCUT2D eigenvalue weighted by Crippen LogP contribution is 2.23. The van der Waals surface area contributed by atoms with Crippen LogP contribution in [0.5, 0.6) is 0 Å². The molecule has 3 nitrogen and oxygen atoms in total. The monoisotopic (exact) mass is 382 g/mol. The molecule has 0 spiro atoms. The molecule has 1 fully saturated rings. The molecule has 1 aliphatic rings. The number of piperazine rings is 1. The highest BCUT2D eigenvalue weighted by atomic mass is 35.5. The lowest BCUT2D eigenvalue weighted by molar-refractivity contribution is -0.126. The van der Waals surface area contributed by atoms with Gasteiger partial charge >= 0.3 is 0 Å². The van der Waals surface area contributed by atoms with Crippen LogP contribution in [0.3, 0.4) is 0 Å². The van der Waals surface area contributed by atoms with Gasteiger partial charge in [0.15, 0.2) is 0 Å². The summed E-state index contributed by atoms with van der Waals surface area (Å²) in [6, 6.07) is 16.3. The van der Waals surface area contributed by atoms with Crippen LogP contribution in [0.2, 0.25) is 5.02 Å². The number of halogens is 1. The molecule has 3 rings (SSSR count). The second-order valence-electron chi connectivity index (χ2n) is 8.00. The van der Waals surface area contributed by atoms with E-state index in [1.54, 1.807) is 6.08 Å². The zero-order chi connectivity index (χ0) is 19.4. The molecule has 1 amide bonds. The van der Waals surface area contributed by atoms with Gasteiger partial charge in [-0.3, -0.25) is 4.79 Å². The Hall–Kier alpha value is -2.26. The molecular formula is C23H27ClN2O. The summed E-state index contributed by atoms with van der Waals surface area (Å²) in [4.78, 5) is 16.7. The summed E-state index contributed by atoms with van der Waals surface area (Å²) in [7, 11) is 0. The lowest BCUT2D eigenvalue weighted by atomic mass is 9.87. The van der Waals surface area contributed by atoms with Crippen molar-refractivity contribution in [3.05, 3.63) is 70.8 Å². The lowest BCUT2D eigenvalue weighted by Gasteiger charge is -2.35. The first-order chi connectivity index (χ1) is 12.8. The standard InChI is InChI=1S/C23H27ClN2O/c1-23(2,3)19-10-7-18(8-11-19)9-12-22(27)26-15-13-25(14-16-26)21-6-4-5-20(24)17-21/h4-12,17H,13-16H2,1-3H3. The van der Waals surface area contributed by atoms with Gasteiger partial charge in [0, 0.05) is 43.0 Å². The third-order valence-electron chi connectivity index (χ3n) is 4.96. The van der Waals surface area contributed by atoms with E-state index in [0.29, 0.717) is 0 Å². The number of carbonyl (C=O) groups is 1. The maximum Gasteiger partial charge on any atom is 0.246 e. The van der Waals surface area contributed by atoms with Crippen LogP contribution in [0.4, 0.5) is 5.69 Å². The van der Waals surface area contributed by atoms with Crippen molar-refractivity contribution in [2.45, 2.75) is 26.2 Å². The molecular weight excluding hydrogens is 356 g/mol. The van der Waals surface area contributed by atoms with Gasteiger partial charge in [-0.05, 0) is 40.8 Å². The quantitative estimate of drug-likeness (QED) is 0.697. The Balaban J connectivity index is 1.55. The maximum absolute atomic E-state index is 12.5. The van der Waals surface area contributed by atoms with Crippen LogP contribution >= 0.6 is 11.6 Å². The number of hydrogen-bond donors (Lipinski definition) is 0. The summed E-state index contributed by atoms with van der Waals surface area (Å²) in [5.74, 6) is 0.0700. The van der Waals surface area contributed by atoms with Gasteiger partial charge in [-0.25, -0.2) is 0 Å². The minimum atomic E-state index is 0.0700. The Kier molecular flexibility index (Phi) is 5.91. The van der Waals surface area contributed by atoms with Crippen LogP contribution < -0.4 is 4.90 Å². The van der Waals surface area contributed by atoms with Gasteiger partial charge in [-0.15, -0.1) is 0 Å². The molecule has 2 aromatic rings. The number of hydrogen-bond acceptors (Lipinski definition) is 2. The van der Waals surface area contributed by atoms with Crippen molar-refractivity contribution >= 4 is 29.3 Å². The van der Waals surface area contributed by atoms with Crippen LogP contribution in [0, 0.1) is 0 Å². The van der Waals surface area contributed by atoms with Crippen molar-refractivity contribution in [2.75, 3.05) is 31.1 Å². The lowest BCUT2D eigenvalue weighted by Crippen LogP contribution is -2.48. The van der Waals surface area contributed by atoms with Crippen molar-refractivity contribution in [1.82, 2.24) is 4.90 Å². The molecule has 0 N–H and O–H groups in total. The molecule has 142 valence electrons. The number of carbonyl (C=O) groups excluding carboxylic acids is 1. The van der Waals surface area contributed by atoms with Gasteiger partial charge in [-0.1, -0.05) is 62.7 Å². The fourth-order valence-electron chi connectivity index (χ4n) is 3.23. The fraction of sp³-hybridized carbons (Fsp3) is 0.348. The summed E-state index contributed by atoms with van der Waals surface area (Å²) >= 11 is 6.08. The van der Waals surface area contributed by atoms with E-state index in [2.05, 4.69) is 56.0 Å². The minimum absolute atomic E-state index is 0.0700. The normalized spacial score (nSPS) is 15.4. The Morgan fingerprint density at radius 3 is 2.26 bits per heavy atom. The summed E-state index contributed by atoms with van der Waals surface area (Å²) in [6.45, 7) is 9.68. The Morgan fingerprint density at radius 1 is 1.00 bits per heavy atom. The molecule has 1 heterocycles. The molecule has 1 aliphatic heterocycles. The minimum Gasteiger partial charge on any atom is -0.368 e. The van der Waals surface area contributed by atoms with E-state index in [1.165, 1.54) is 5.56 Å². The number of anilines is 1. The molecule has 0 unspecified atom stereocenters. The first kappa shape index (κ1) is 19.5. The van der Waals surface area contributed by atoms with Crippen LogP contribution in [0.25, 0.3) is 6.08 Å². The molecule has 0 radical (unpaired) electrons. The van der Waals surface area contributed by atoms with Crippen molar-refractivity contribution < 1.29 is 4.79 Å². The predicted molar refractivity (Wildman–Crippen MR) is 114 cm³/mol. The summed E-state index contributed by atoms with van der Waals surface area (Å²) in [6.07, 6.45) is 3.58. The Bertz CT molecular complexity index is 813. The van der Waals surface area contributed by atoms with Crippen molar-refractivity contribution in [3.63, 3.8) is 0 Å². The molecule has 0 aliphatic carbocycles. The summed E-state index contributed by atoms with van der Waals surface area (Å²) in [5, 5.41) is 0.742. The van der Waals surface area contributed by atoms with Crippen LogP contribution in [0.15, 0.2) is 54.6 Å². The molecule has 27 heavy (non-hydrogen) atoms. The maximum atomic E-state index is 12.5. The summed E-state index contributed by atoms with van der Waals surface area (Å²) < 4.78 is 0. The van der Waals surface area contributed by atoms with E-state index in [1.807, 2.05) is 29.2 Å². The van der Waals surface area contributed by atoms with E-state index in [-0.39, 0.29) is 11.3 Å². The van der Waals surface area contributed by atoms with Crippen LogP contribution in [-0.2, 0) is 10.2 Å².